The summed E-state index contributed by atoms with van der Waals surface area (Å²) in [6.07, 6.45) is 6.90. The zero-order valence-electron chi connectivity index (χ0n) is 11.4. The van der Waals surface area contributed by atoms with E-state index in [2.05, 4.69) is 47.1 Å². The predicted octanol–water partition coefficient (Wildman–Crippen LogP) is 5.15. The summed E-state index contributed by atoms with van der Waals surface area (Å²) < 4.78 is 6.91. The Labute approximate surface area is 119 Å². The molecular formula is C16H23BrO. The number of rotatable bonds is 4. The lowest BCUT2D eigenvalue weighted by molar-refractivity contribution is 0.0307. The van der Waals surface area contributed by atoms with Gasteiger partial charge in [0.05, 0.1) is 6.10 Å². The minimum absolute atomic E-state index is 0.400. The Morgan fingerprint density at radius 2 is 1.94 bits per heavy atom. The van der Waals surface area contributed by atoms with Crippen LogP contribution in [0.1, 0.15) is 50.5 Å². The van der Waals surface area contributed by atoms with Crippen LogP contribution < -0.4 is 0 Å². The van der Waals surface area contributed by atoms with Gasteiger partial charge in [-0.3, -0.25) is 0 Å². The van der Waals surface area contributed by atoms with Crippen molar-refractivity contribution in [3.63, 3.8) is 0 Å². The first-order chi connectivity index (χ1) is 8.74. The van der Waals surface area contributed by atoms with E-state index in [1.54, 1.807) is 0 Å². The van der Waals surface area contributed by atoms with Crippen molar-refractivity contribution >= 4 is 15.9 Å². The molecule has 0 amide bonds. The number of methoxy groups -OCH3 is 1. The first-order valence-electron chi connectivity index (χ1n) is 7.02. The molecule has 0 spiro atoms. The Kier molecular flexibility index (Phi) is 5.25. The summed E-state index contributed by atoms with van der Waals surface area (Å²) in [5.74, 6) is 1.45. The lowest BCUT2D eigenvalue weighted by Crippen LogP contribution is -2.29. The largest absolute Gasteiger partial charge is 0.381 e. The Morgan fingerprint density at radius 1 is 1.22 bits per heavy atom. The SMILES string of the molecule is CCC[C@H]1CC[C@H](c2ccc(Br)cc2)[C@@H](OC)C1. The summed E-state index contributed by atoms with van der Waals surface area (Å²) in [5.41, 5.74) is 1.43. The third kappa shape index (κ3) is 3.36. The summed E-state index contributed by atoms with van der Waals surface area (Å²) in [7, 11) is 1.87. The molecule has 0 aliphatic heterocycles. The van der Waals surface area contributed by atoms with E-state index in [4.69, 9.17) is 4.74 Å². The maximum atomic E-state index is 5.75. The number of ether oxygens (including phenoxy) is 1. The van der Waals surface area contributed by atoms with Crippen molar-refractivity contribution in [3.05, 3.63) is 34.3 Å². The molecule has 1 aromatic rings. The summed E-state index contributed by atoms with van der Waals surface area (Å²) in [6.45, 7) is 2.28. The first kappa shape index (κ1) is 14.1. The molecule has 0 heterocycles. The highest BCUT2D eigenvalue weighted by atomic mass is 79.9. The summed E-state index contributed by atoms with van der Waals surface area (Å²) >= 11 is 3.50. The highest BCUT2D eigenvalue weighted by molar-refractivity contribution is 9.10. The zero-order valence-corrected chi connectivity index (χ0v) is 12.9. The molecule has 1 aliphatic rings. The number of hydrogen-bond acceptors (Lipinski definition) is 1. The van der Waals surface area contributed by atoms with Gasteiger partial charge in [0.25, 0.3) is 0 Å². The topological polar surface area (TPSA) is 9.23 Å². The van der Waals surface area contributed by atoms with E-state index in [1.807, 2.05) is 7.11 Å². The van der Waals surface area contributed by atoms with Crippen LogP contribution in [0.4, 0.5) is 0 Å². The van der Waals surface area contributed by atoms with Crippen LogP contribution in [0.3, 0.4) is 0 Å². The van der Waals surface area contributed by atoms with Crippen LogP contribution >= 0.6 is 15.9 Å². The van der Waals surface area contributed by atoms with Crippen LogP contribution in [0.5, 0.6) is 0 Å². The summed E-state index contributed by atoms with van der Waals surface area (Å²) in [4.78, 5) is 0. The molecule has 0 bridgehead atoms. The predicted molar refractivity (Wildman–Crippen MR) is 79.9 cm³/mol. The molecule has 0 saturated heterocycles. The van der Waals surface area contributed by atoms with Gasteiger partial charge in [0, 0.05) is 17.5 Å². The van der Waals surface area contributed by atoms with Gasteiger partial charge >= 0.3 is 0 Å². The molecule has 18 heavy (non-hydrogen) atoms. The van der Waals surface area contributed by atoms with E-state index >= 15 is 0 Å². The molecule has 0 radical (unpaired) electrons. The standard InChI is InChI=1S/C16H23BrO/c1-3-4-12-5-10-15(16(11-12)18-2)13-6-8-14(17)9-7-13/h6-9,12,15-16H,3-5,10-11H2,1-2H3/t12-,15+,16-/m0/s1. The second kappa shape index (κ2) is 6.72. The lowest BCUT2D eigenvalue weighted by Gasteiger charge is -2.35. The van der Waals surface area contributed by atoms with E-state index in [1.165, 1.54) is 37.7 Å². The lowest BCUT2D eigenvalue weighted by atomic mass is 9.75. The summed E-state index contributed by atoms with van der Waals surface area (Å²) in [6, 6.07) is 8.75. The Hall–Kier alpha value is -0.340. The minimum atomic E-state index is 0.400. The fraction of sp³-hybridized carbons (Fsp3) is 0.625. The number of halogens is 1. The van der Waals surface area contributed by atoms with Crippen molar-refractivity contribution in [2.75, 3.05) is 7.11 Å². The van der Waals surface area contributed by atoms with Crippen LogP contribution in [-0.2, 0) is 4.74 Å². The third-order valence-corrected chi connectivity index (χ3v) is 4.73. The van der Waals surface area contributed by atoms with Gasteiger partial charge in [0.15, 0.2) is 0 Å². The molecule has 2 rings (SSSR count). The summed E-state index contributed by atoms with van der Waals surface area (Å²) in [5, 5.41) is 0. The van der Waals surface area contributed by atoms with E-state index in [0.717, 1.165) is 10.4 Å². The molecule has 1 aliphatic carbocycles. The molecule has 0 N–H and O–H groups in total. The van der Waals surface area contributed by atoms with E-state index in [0.29, 0.717) is 12.0 Å². The average Bonchev–Trinajstić information content (AvgIpc) is 2.40. The van der Waals surface area contributed by atoms with Gasteiger partial charge in [0.2, 0.25) is 0 Å². The van der Waals surface area contributed by atoms with Crippen LogP contribution in [0.2, 0.25) is 0 Å². The van der Waals surface area contributed by atoms with Gasteiger partial charge in [-0.25, -0.2) is 0 Å². The maximum absolute atomic E-state index is 5.75. The molecule has 1 saturated carbocycles. The maximum Gasteiger partial charge on any atom is 0.0642 e. The molecule has 0 aromatic heterocycles. The van der Waals surface area contributed by atoms with Crippen LogP contribution in [0.25, 0.3) is 0 Å². The van der Waals surface area contributed by atoms with Crippen LogP contribution in [0, 0.1) is 5.92 Å². The smallest absolute Gasteiger partial charge is 0.0642 e. The molecule has 100 valence electrons. The van der Waals surface area contributed by atoms with Gasteiger partial charge in [-0.2, -0.15) is 0 Å². The van der Waals surface area contributed by atoms with E-state index < -0.39 is 0 Å². The monoisotopic (exact) mass is 310 g/mol. The third-order valence-electron chi connectivity index (χ3n) is 4.20. The number of benzene rings is 1. The van der Waals surface area contributed by atoms with Crippen LogP contribution in [0.15, 0.2) is 28.7 Å². The van der Waals surface area contributed by atoms with Gasteiger partial charge < -0.3 is 4.74 Å². The van der Waals surface area contributed by atoms with E-state index in [9.17, 15) is 0 Å². The Morgan fingerprint density at radius 3 is 2.56 bits per heavy atom. The molecule has 1 aromatic carbocycles. The minimum Gasteiger partial charge on any atom is -0.381 e. The first-order valence-corrected chi connectivity index (χ1v) is 7.82. The fourth-order valence-electron chi connectivity index (χ4n) is 3.23. The zero-order chi connectivity index (χ0) is 13.0. The second-order valence-electron chi connectivity index (χ2n) is 5.40. The van der Waals surface area contributed by atoms with Crippen molar-refractivity contribution in [1.29, 1.82) is 0 Å². The van der Waals surface area contributed by atoms with Gasteiger partial charge in [-0.05, 0) is 42.9 Å². The number of hydrogen-bond donors (Lipinski definition) is 0. The Balaban J connectivity index is 2.06. The van der Waals surface area contributed by atoms with E-state index in [-0.39, 0.29) is 0 Å². The normalized spacial score (nSPS) is 28.3. The second-order valence-corrected chi connectivity index (χ2v) is 6.32. The molecule has 3 atom stereocenters. The molecule has 2 heteroatoms. The van der Waals surface area contributed by atoms with Crippen molar-refractivity contribution in [1.82, 2.24) is 0 Å². The van der Waals surface area contributed by atoms with Gasteiger partial charge in [-0.15, -0.1) is 0 Å². The Bertz CT molecular complexity index is 360. The molecule has 1 nitrogen and oxygen atoms in total. The molecule has 0 unspecified atom stereocenters. The van der Waals surface area contributed by atoms with Crippen molar-refractivity contribution < 1.29 is 4.74 Å². The van der Waals surface area contributed by atoms with Crippen molar-refractivity contribution in [2.24, 2.45) is 5.92 Å². The highest BCUT2D eigenvalue weighted by Crippen LogP contribution is 2.39. The fourth-order valence-corrected chi connectivity index (χ4v) is 3.50. The van der Waals surface area contributed by atoms with Crippen molar-refractivity contribution in [2.45, 2.75) is 51.0 Å². The van der Waals surface area contributed by atoms with Crippen LogP contribution in [-0.4, -0.2) is 13.2 Å². The van der Waals surface area contributed by atoms with Crippen molar-refractivity contribution in [3.8, 4) is 0 Å². The molecule has 1 fully saturated rings. The van der Waals surface area contributed by atoms with Gasteiger partial charge in [-0.1, -0.05) is 47.8 Å². The highest BCUT2D eigenvalue weighted by Gasteiger charge is 2.30. The van der Waals surface area contributed by atoms with Gasteiger partial charge in [0.1, 0.15) is 0 Å². The molecular weight excluding hydrogens is 288 g/mol. The quantitative estimate of drug-likeness (QED) is 0.747. The average molecular weight is 311 g/mol.